The lowest BCUT2D eigenvalue weighted by molar-refractivity contribution is -0.120. The maximum atomic E-state index is 12.4. The van der Waals surface area contributed by atoms with Crippen molar-refractivity contribution < 1.29 is 14.7 Å². The van der Waals surface area contributed by atoms with Gasteiger partial charge >= 0.3 is 5.97 Å². The van der Waals surface area contributed by atoms with Gasteiger partial charge in [-0.25, -0.2) is 4.79 Å². The summed E-state index contributed by atoms with van der Waals surface area (Å²) in [7, 11) is 0. The standard InChI is InChI=1S/C17H23NO3/c1-12-9-10-14(17(20)21)11-15(12)18-16(19)13-7-5-3-2-4-6-8-13/h9-11,13H,2-8H2,1H3,(H,18,19)(H,20,21). The molecule has 1 amide bonds. The topological polar surface area (TPSA) is 66.4 Å². The molecule has 1 aliphatic carbocycles. The number of carbonyl (C=O) groups is 2. The number of carbonyl (C=O) groups excluding carboxylic acids is 1. The zero-order chi connectivity index (χ0) is 15.2. The number of hydrogen-bond acceptors (Lipinski definition) is 2. The average molecular weight is 289 g/mol. The van der Waals surface area contributed by atoms with Crippen molar-refractivity contribution in [1.29, 1.82) is 0 Å². The van der Waals surface area contributed by atoms with Crippen LogP contribution in [-0.2, 0) is 4.79 Å². The third-order valence-corrected chi connectivity index (χ3v) is 4.22. The lowest BCUT2D eigenvalue weighted by Crippen LogP contribution is -2.24. The molecular formula is C17H23NO3. The van der Waals surface area contributed by atoms with Gasteiger partial charge in [0, 0.05) is 11.6 Å². The summed E-state index contributed by atoms with van der Waals surface area (Å²) in [5.74, 6) is -0.892. The maximum absolute atomic E-state index is 12.4. The molecule has 0 aliphatic heterocycles. The van der Waals surface area contributed by atoms with Crippen LogP contribution in [0.5, 0.6) is 0 Å². The third-order valence-electron chi connectivity index (χ3n) is 4.22. The van der Waals surface area contributed by atoms with Crippen molar-refractivity contribution in [2.75, 3.05) is 5.32 Å². The quantitative estimate of drug-likeness (QED) is 0.884. The minimum atomic E-state index is -0.976. The van der Waals surface area contributed by atoms with E-state index in [1.54, 1.807) is 18.2 Å². The first-order valence-electron chi connectivity index (χ1n) is 7.73. The number of anilines is 1. The molecule has 0 bridgehead atoms. The van der Waals surface area contributed by atoms with E-state index in [2.05, 4.69) is 5.32 Å². The maximum Gasteiger partial charge on any atom is 0.335 e. The fraction of sp³-hybridized carbons (Fsp3) is 0.529. The van der Waals surface area contributed by atoms with Crippen molar-refractivity contribution in [2.24, 2.45) is 5.92 Å². The van der Waals surface area contributed by atoms with Crippen molar-refractivity contribution in [3.05, 3.63) is 29.3 Å². The molecule has 0 aromatic heterocycles. The molecule has 1 aliphatic rings. The Balaban J connectivity index is 2.07. The van der Waals surface area contributed by atoms with Crippen LogP contribution in [0.1, 0.15) is 60.9 Å². The average Bonchev–Trinajstić information content (AvgIpc) is 2.40. The Morgan fingerprint density at radius 1 is 1.10 bits per heavy atom. The van der Waals surface area contributed by atoms with Crippen molar-refractivity contribution in [1.82, 2.24) is 0 Å². The summed E-state index contributed by atoms with van der Waals surface area (Å²) in [6.45, 7) is 1.87. The van der Waals surface area contributed by atoms with E-state index in [1.165, 1.54) is 19.3 Å². The first-order chi connectivity index (χ1) is 10.1. The highest BCUT2D eigenvalue weighted by atomic mass is 16.4. The lowest BCUT2D eigenvalue weighted by Gasteiger charge is -2.20. The second-order valence-corrected chi connectivity index (χ2v) is 5.87. The molecule has 1 aromatic rings. The zero-order valence-corrected chi connectivity index (χ0v) is 12.5. The second kappa shape index (κ2) is 7.25. The van der Waals surface area contributed by atoms with Gasteiger partial charge in [-0.1, -0.05) is 38.2 Å². The highest BCUT2D eigenvalue weighted by molar-refractivity contribution is 5.95. The molecule has 4 nitrogen and oxygen atoms in total. The fourth-order valence-electron chi connectivity index (χ4n) is 2.84. The molecule has 0 atom stereocenters. The van der Waals surface area contributed by atoms with Gasteiger partial charge in [0.2, 0.25) is 5.91 Å². The smallest absolute Gasteiger partial charge is 0.335 e. The molecule has 114 valence electrons. The van der Waals surface area contributed by atoms with Gasteiger partial charge in [-0.2, -0.15) is 0 Å². The van der Waals surface area contributed by atoms with E-state index in [1.807, 2.05) is 6.92 Å². The molecule has 0 radical (unpaired) electrons. The number of carboxylic acid groups (broad SMARTS) is 1. The largest absolute Gasteiger partial charge is 0.478 e. The molecule has 2 rings (SSSR count). The Morgan fingerprint density at radius 3 is 2.33 bits per heavy atom. The number of benzene rings is 1. The Bertz CT molecular complexity index is 517. The first-order valence-corrected chi connectivity index (χ1v) is 7.73. The Kier molecular flexibility index (Phi) is 5.37. The number of hydrogen-bond donors (Lipinski definition) is 2. The number of aromatic carboxylic acids is 1. The van der Waals surface area contributed by atoms with E-state index >= 15 is 0 Å². The second-order valence-electron chi connectivity index (χ2n) is 5.87. The zero-order valence-electron chi connectivity index (χ0n) is 12.5. The summed E-state index contributed by atoms with van der Waals surface area (Å²) in [4.78, 5) is 23.4. The molecule has 2 N–H and O–H groups in total. The molecule has 1 fully saturated rings. The van der Waals surface area contributed by atoms with Crippen LogP contribution in [0.2, 0.25) is 0 Å². The third kappa shape index (κ3) is 4.31. The molecule has 21 heavy (non-hydrogen) atoms. The minimum Gasteiger partial charge on any atom is -0.478 e. The molecule has 0 heterocycles. The van der Waals surface area contributed by atoms with Crippen LogP contribution in [0, 0.1) is 12.8 Å². The summed E-state index contributed by atoms with van der Waals surface area (Å²) in [6.07, 6.45) is 7.76. The Labute approximate surface area is 125 Å². The molecule has 0 unspecified atom stereocenters. The monoisotopic (exact) mass is 289 g/mol. The number of nitrogens with one attached hydrogen (secondary N) is 1. The molecule has 4 heteroatoms. The van der Waals surface area contributed by atoms with Gasteiger partial charge in [-0.05, 0) is 37.5 Å². The van der Waals surface area contributed by atoms with E-state index in [0.29, 0.717) is 5.69 Å². The van der Waals surface area contributed by atoms with Crippen LogP contribution in [0.4, 0.5) is 5.69 Å². The van der Waals surface area contributed by atoms with Crippen LogP contribution < -0.4 is 5.32 Å². The summed E-state index contributed by atoms with van der Waals surface area (Å²) >= 11 is 0. The van der Waals surface area contributed by atoms with E-state index in [4.69, 9.17) is 5.11 Å². The van der Waals surface area contributed by atoms with Crippen molar-refractivity contribution in [3.63, 3.8) is 0 Å². The van der Waals surface area contributed by atoms with Crippen LogP contribution in [0.15, 0.2) is 18.2 Å². The van der Waals surface area contributed by atoms with Gasteiger partial charge in [-0.15, -0.1) is 0 Å². The van der Waals surface area contributed by atoms with Crippen LogP contribution in [-0.4, -0.2) is 17.0 Å². The summed E-state index contributed by atoms with van der Waals surface area (Å²) < 4.78 is 0. The lowest BCUT2D eigenvalue weighted by atomic mass is 9.90. The van der Waals surface area contributed by atoms with Crippen LogP contribution >= 0.6 is 0 Å². The molecular weight excluding hydrogens is 266 g/mol. The van der Waals surface area contributed by atoms with E-state index < -0.39 is 5.97 Å². The van der Waals surface area contributed by atoms with Gasteiger partial charge < -0.3 is 10.4 Å². The number of carboxylic acids is 1. The fourth-order valence-corrected chi connectivity index (χ4v) is 2.84. The van der Waals surface area contributed by atoms with Crippen molar-refractivity contribution in [2.45, 2.75) is 51.9 Å². The Hall–Kier alpha value is -1.84. The van der Waals surface area contributed by atoms with Gasteiger partial charge in [0.1, 0.15) is 0 Å². The highest BCUT2D eigenvalue weighted by Gasteiger charge is 2.20. The summed E-state index contributed by atoms with van der Waals surface area (Å²) in [5, 5.41) is 12.0. The Morgan fingerprint density at radius 2 is 1.71 bits per heavy atom. The predicted octanol–water partition coefficient (Wildman–Crippen LogP) is 3.99. The molecule has 1 saturated carbocycles. The highest BCUT2D eigenvalue weighted by Crippen LogP contribution is 2.25. The normalized spacial score (nSPS) is 16.8. The van der Waals surface area contributed by atoms with Gasteiger partial charge in [0.05, 0.1) is 5.56 Å². The predicted molar refractivity (Wildman–Crippen MR) is 82.6 cm³/mol. The molecule has 0 spiro atoms. The molecule has 0 saturated heterocycles. The van der Waals surface area contributed by atoms with Crippen LogP contribution in [0.3, 0.4) is 0 Å². The molecule has 1 aromatic carbocycles. The first kappa shape index (κ1) is 15.5. The van der Waals surface area contributed by atoms with E-state index in [0.717, 1.165) is 31.2 Å². The van der Waals surface area contributed by atoms with Gasteiger partial charge in [0.25, 0.3) is 0 Å². The van der Waals surface area contributed by atoms with Gasteiger partial charge in [0.15, 0.2) is 0 Å². The van der Waals surface area contributed by atoms with E-state index in [-0.39, 0.29) is 17.4 Å². The van der Waals surface area contributed by atoms with Crippen molar-refractivity contribution in [3.8, 4) is 0 Å². The van der Waals surface area contributed by atoms with Crippen molar-refractivity contribution >= 4 is 17.6 Å². The number of amides is 1. The number of aryl methyl sites for hydroxylation is 1. The SMILES string of the molecule is Cc1ccc(C(=O)O)cc1NC(=O)C1CCCCCCC1. The summed E-state index contributed by atoms with van der Waals surface area (Å²) in [5.41, 5.74) is 1.70. The van der Waals surface area contributed by atoms with Gasteiger partial charge in [-0.3, -0.25) is 4.79 Å². The minimum absolute atomic E-state index is 0.0301. The number of rotatable bonds is 3. The summed E-state index contributed by atoms with van der Waals surface area (Å²) in [6, 6.07) is 4.83. The van der Waals surface area contributed by atoms with E-state index in [9.17, 15) is 9.59 Å². The van der Waals surface area contributed by atoms with Crippen LogP contribution in [0.25, 0.3) is 0 Å².